The number of nitrogens with two attached hydrogens (primary N) is 1. The molecule has 0 aliphatic heterocycles. The van der Waals surface area contributed by atoms with Gasteiger partial charge in [-0.25, -0.2) is 4.98 Å². The van der Waals surface area contributed by atoms with Gasteiger partial charge in [-0.15, -0.1) is 0 Å². The first kappa shape index (κ1) is 20.5. The lowest BCUT2D eigenvalue weighted by atomic mass is 10.0. The molecule has 6 heteroatoms. The predicted molar refractivity (Wildman–Crippen MR) is 115 cm³/mol. The van der Waals surface area contributed by atoms with Crippen molar-refractivity contribution in [1.82, 2.24) is 14.5 Å². The van der Waals surface area contributed by atoms with E-state index in [1.165, 1.54) is 17.1 Å². The highest BCUT2D eigenvalue weighted by Gasteiger charge is 2.10. The van der Waals surface area contributed by atoms with Crippen molar-refractivity contribution in [2.75, 3.05) is 0 Å². The summed E-state index contributed by atoms with van der Waals surface area (Å²) in [5.74, 6) is -0.210. The van der Waals surface area contributed by atoms with Crippen molar-refractivity contribution in [2.45, 2.75) is 45.4 Å². The summed E-state index contributed by atoms with van der Waals surface area (Å²) in [6.07, 6.45) is 9.63. The van der Waals surface area contributed by atoms with E-state index in [4.69, 9.17) is 5.73 Å². The van der Waals surface area contributed by atoms with Crippen LogP contribution in [0.4, 0.5) is 0 Å². The number of unbranched alkanes of at least 4 members (excludes halogenated alkanes) is 1. The van der Waals surface area contributed by atoms with Crippen LogP contribution in [0, 0.1) is 0 Å². The third-order valence-corrected chi connectivity index (χ3v) is 4.97. The summed E-state index contributed by atoms with van der Waals surface area (Å²) in [5.41, 5.74) is 8.64. The van der Waals surface area contributed by atoms with E-state index in [1.54, 1.807) is 6.20 Å². The minimum atomic E-state index is -0.519. The summed E-state index contributed by atoms with van der Waals surface area (Å²) in [4.78, 5) is 33.2. The van der Waals surface area contributed by atoms with E-state index in [0.717, 1.165) is 30.4 Å². The Bertz CT molecular complexity index is 1080. The van der Waals surface area contributed by atoms with Crippen LogP contribution in [0.15, 0.2) is 59.4 Å². The quantitative estimate of drug-likeness (QED) is 0.469. The topological polar surface area (TPSA) is 90.9 Å². The number of pyridine rings is 1. The molecule has 29 heavy (non-hydrogen) atoms. The van der Waals surface area contributed by atoms with Gasteiger partial charge in [-0.05, 0) is 60.9 Å². The molecule has 2 N–H and O–H groups in total. The molecule has 150 valence electrons. The van der Waals surface area contributed by atoms with Gasteiger partial charge in [-0.1, -0.05) is 26.0 Å². The molecule has 0 spiro atoms. The highest BCUT2D eigenvalue weighted by molar-refractivity contribution is 5.95. The molecule has 0 atom stereocenters. The van der Waals surface area contributed by atoms with E-state index in [9.17, 15) is 9.59 Å². The van der Waals surface area contributed by atoms with Crippen molar-refractivity contribution in [3.63, 3.8) is 0 Å². The maximum Gasteiger partial charge on any atom is 0.265 e. The highest BCUT2D eigenvalue weighted by atomic mass is 16.1. The molecule has 0 aliphatic carbocycles. The molecule has 0 bridgehead atoms. The van der Waals surface area contributed by atoms with E-state index in [2.05, 4.69) is 23.8 Å². The highest BCUT2D eigenvalue weighted by Crippen LogP contribution is 2.18. The first-order valence-electron chi connectivity index (χ1n) is 9.86. The SMILES string of the molecule is CC(C)c1ccc2ncn(C=C(CCCCc3cccnc3)C(N)=O)c(=O)c2c1. The molecule has 0 unspecified atom stereocenters. The number of carbonyl (C=O) groups is 1. The normalized spacial score (nSPS) is 11.9. The Balaban J connectivity index is 1.79. The summed E-state index contributed by atoms with van der Waals surface area (Å²) in [5, 5.41) is 0.537. The molecule has 0 radical (unpaired) electrons. The van der Waals surface area contributed by atoms with Crippen LogP contribution in [0.5, 0.6) is 0 Å². The Labute approximate surface area is 170 Å². The Morgan fingerprint density at radius 3 is 2.76 bits per heavy atom. The molecular formula is C23H26N4O2. The van der Waals surface area contributed by atoms with Crippen molar-refractivity contribution in [3.05, 3.63) is 76.1 Å². The molecule has 6 nitrogen and oxygen atoms in total. The Morgan fingerprint density at radius 2 is 2.07 bits per heavy atom. The third kappa shape index (κ3) is 5.16. The lowest BCUT2D eigenvalue weighted by Crippen LogP contribution is -2.20. The van der Waals surface area contributed by atoms with Gasteiger partial charge in [0.05, 0.1) is 10.9 Å². The fraction of sp³-hybridized carbons (Fsp3) is 0.304. The largest absolute Gasteiger partial charge is 0.366 e. The number of hydrogen-bond acceptors (Lipinski definition) is 4. The van der Waals surface area contributed by atoms with Crippen molar-refractivity contribution >= 4 is 23.0 Å². The summed E-state index contributed by atoms with van der Waals surface area (Å²) in [6, 6.07) is 9.65. The van der Waals surface area contributed by atoms with Crippen molar-refractivity contribution in [1.29, 1.82) is 0 Å². The van der Waals surface area contributed by atoms with Gasteiger partial charge in [0.15, 0.2) is 0 Å². The number of rotatable bonds is 8. The molecule has 0 aliphatic rings. The number of amides is 1. The van der Waals surface area contributed by atoms with Crippen LogP contribution >= 0.6 is 0 Å². The van der Waals surface area contributed by atoms with Gasteiger partial charge in [0.2, 0.25) is 5.91 Å². The van der Waals surface area contributed by atoms with Crippen molar-refractivity contribution in [2.24, 2.45) is 5.73 Å². The molecule has 3 aromatic rings. The minimum Gasteiger partial charge on any atom is -0.366 e. The molecule has 1 amide bonds. The number of benzene rings is 1. The van der Waals surface area contributed by atoms with Crippen LogP contribution in [-0.4, -0.2) is 20.4 Å². The number of aromatic nitrogens is 3. The summed E-state index contributed by atoms with van der Waals surface area (Å²) >= 11 is 0. The van der Waals surface area contributed by atoms with Gasteiger partial charge >= 0.3 is 0 Å². The summed E-state index contributed by atoms with van der Waals surface area (Å²) < 4.78 is 1.35. The lowest BCUT2D eigenvalue weighted by molar-refractivity contribution is -0.114. The van der Waals surface area contributed by atoms with E-state index >= 15 is 0 Å². The van der Waals surface area contributed by atoms with Crippen LogP contribution in [0.1, 0.15) is 50.2 Å². The molecule has 0 fully saturated rings. The zero-order valence-electron chi connectivity index (χ0n) is 16.8. The number of carbonyl (C=O) groups excluding carboxylic acids is 1. The molecule has 0 saturated heterocycles. The molecule has 2 heterocycles. The molecule has 3 rings (SSSR count). The number of aryl methyl sites for hydroxylation is 1. The van der Waals surface area contributed by atoms with Gasteiger partial charge in [-0.2, -0.15) is 0 Å². The monoisotopic (exact) mass is 390 g/mol. The van der Waals surface area contributed by atoms with Crippen molar-refractivity contribution < 1.29 is 4.79 Å². The van der Waals surface area contributed by atoms with Gasteiger partial charge in [0.25, 0.3) is 5.56 Å². The maximum atomic E-state index is 12.9. The van der Waals surface area contributed by atoms with Gasteiger partial charge in [0, 0.05) is 24.2 Å². The van der Waals surface area contributed by atoms with Crippen LogP contribution in [0.3, 0.4) is 0 Å². The average molecular weight is 390 g/mol. The zero-order valence-corrected chi connectivity index (χ0v) is 16.8. The second-order valence-electron chi connectivity index (χ2n) is 7.48. The Kier molecular flexibility index (Phi) is 6.54. The second kappa shape index (κ2) is 9.28. The maximum absolute atomic E-state index is 12.9. The van der Waals surface area contributed by atoms with E-state index in [-0.39, 0.29) is 5.56 Å². The van der Waals surface area contributed by atoms with E-state index in [0.29, 0.717) is 28.8 Å². The third-order valence-electron chi connectivity index (χ3n) is 4.97. The molecule has 2 aromatic heterocycles. The first-order chi connectivity index (χ1) is 14.0. The fourth-order valence-electron chi connectivity index (χ4n) is 3.21. The van der Waals surface area contributed by atoms with Crippen LogP contribution in [0.25, 0.3) is 17.1 Å². The van der Waals surface area contributed by atoms with Gasteiger partial charge in [0.1, 0.15) is 6.33 Å². The number of nitrogens with zero attached hydrogens (tertiary/aromatic N) is 3. The first-order valence-corrected chi connectivity index (χ1v) is 9.86. The molecular weight excluding hydrogens is 364 g/mol. The summed E-state index contributed by atoms with van der Waals surface area (Å²) in [6.45, 7) is 4.15. The lowest BCUT2D eigenvalue weighted by Gasteiger charge is -2.09. The molecule has 0 saturated carbocycles. The van der Waals surface area contributed by atoms with Gasteiger partial charge < -0.3 is 5.73 Å². The number of primary amides is 1. The summed E-state index contributed by atoms with van der Waals surface area (Å²) in [7, 11) is 0. The van der Waals surface area contributed by atoms with E-state index in [1.807, 2.05) is 36.5 Å². The molecule has 1 aromatic carbocycles. The Hall–Kier alpha value is -3.28. The zero-order chi connectivity index (χ0) is 20.8. The fourth-order valence-corrected chi connectivity index (χ4v) is 3.21. The second-order valence-corrected chi connectivity index (χ2v) is 7.48. The van der Waals surface area contributed by atoms with Crippen LogP contribution in [-0.2, 0) is 11.2 Å². The van der Waals surface area contributed by atoms with Crippen LogP contribution in [0.2, 0.25) is 0 Å². The Morgan fingerprint density at radius 1 is 1.24 bits per heavy atom. The minimum absolute atomic E-state index is 0.202. The number of fused-ring (bicyclic) bond motifs is 1. The predicted octanol–water partition coefficient (Wildman–Crippen LogP) is 3.65. The smallest absolute Gasteiger partial charge is 0.265 e. The standard InChI is InChI=1S/C23H26N4O2/c1-16(2)18-9-10-21-20(12-18)23(29)27(15-26-21)14-19(22(24)28)8-4-3-6-17-7-5-11-25-13-17/h5,7,9-16H,3-4,6,8H2,1-2H3,(H2,24,28). The number of hydrogen-bond donors (Lipinski definition) is 1. The van der Waals surface area contributed by atoms with E-state index < -0.39 is 5.91 Å². The van der Waals surface area contributed by atoms with Crippen LogP contribution < -0.4 is 11.3 Å². The average Bonchev–Trinajstić information content (AvgIpc) is 2.72. The van der Waals surface area contributed by atoms with Crippen molar-refractivity contribution in [3.8, 4) is 0 Å². The van der Waals surface area contributed by atoms with Gasteiger partial charge in [-0.3, -0.25) is 19.1 Å².